The average molecular weight is 263 g/mol. The molecule has 5 nitrogen and oxygen atoms in total. The molecule has 102 valence electrons. The molecule has 0 aliphatic heterocycles. The molecule has 0 saturated carbocycles. The van der Waals surface area contributed by atoms with Gasteiger partial charge in [0, 0.05) is 30.2 Å². The zero-order chi connectivity index (χ0) is 13.8. The molecule has 19 heavy (non-hydrogen) atoms. The number of anilines is 1. The maximum absolute atomic E-state index is 13.4. The summed E-state index contributed by atoms with van der Waals surface area (Å²) in [5, 5.41) is 0. The van der Waals surface area contributed by atoms with Crippen molar-refractivity contribution < 1.29 is 4.39 Å². The van der Waals surface area contributed by atoms with Crippen LogP contribution in [0.1, 0.15) is 30.8 Å². The molecule has 1 aromatic heterocycles. The second-order valence-electron chi connectivity index (χ2n) is 4.35. The Kier molecular flexibility index (Phi) is 4.13. The number of rotatable bonds is 5. The highest BCUT2D eigenvalue weighted by atomic mass is 19.1. The van der Waals surface area contributed by atoms with Gasteiger partial charge in [0.1, 0.15) is 17.7 Å². The van der Waals surface area contributed by atoms with Gasteiger partial charge < -0.3 is 10.3 Å². The van der Waals surface area contributed by atoms with Gasteiger partial charge >= 0.3 is 0 Å². The molecule has 1 unspecified atom stereocenters. The molecule has 6 heteroatoms. The van der Waals surface area contributed by atoms with E-state index in [1.165, 1.54) is 18.2 Å². The summed E-state index contributed by atoms with van der Waals surface area (Å²) in [6.07, 6.45) is 4.54. The summed E-state index contributed by atoms with van der Waals surface area (Å²) in [4.78, 5) is 4.30. The van der Waals surface area contributed by atoms with Crippen LogP contribution in [0.4, 0.5) is 10.1 Å². The molecule has 0 saturated heterocycles. The molecule has 1 heterocycles. The molecule has 0 spiro atoms. The Hall–Kier alpha value is -1.92. The number of hydrogen-bond acceptors (Lipinski definition) is 4. The summed E-state index contributed by atoms with van der Waals surface area (Å²) in [5.74, 6) is 5.97. The fourth-order valence-corrected chi connectivity index (χ4v) is 2.11. The van der Waals surface area contributed by atoms with Crippen molar-refractivity contribution in [3.8, 4) is 0 Å². The number of hydrogen-bond donors (Lipinski definition) is 3. The number of nitrogens with one attached hydrogen (secondary N) is 1. The van der Waals surface area contributed by atoms with Gasteiger partial charge in [-0.05, 0) is 24.6 Å². The van der Waals surface area contributed by atoms with Crippen LogP contribution < -0.4 is 17.0 Å². The topological polar surface area (TPSA) is 81.9 Å². The summed E-state index contributed by atoms with van der Waals surface area (Å²) in [5.41, 5.74) is 9.63. The van der Waals surface area contributed by atoms with Gasteiger partial charge in [-0.25, -0.2) is 14.8 Å². The SMILES string of the molecule is CCCn1ccnc1C(NN)c1cc(F)ccc1N. The lowest BCUT2D eigenvalue weighted by Gasteiger charge is -2.19. The molecular formula is C13H18FN5. The van der Waals surface area contributed by atoms with Crippen LogP contribution in [0.2, 0.25) is 0 Å². The minimum absolute atomic E-state index is 0.349. The van der Waals surface area contributed by atoms with Crippen LogP contribution in [0.3, 0.4) is 0 Å². The van der Waals surface area contributed by atoms with Crippen LogP contribution in [0.25, 0.3) is 0 Å². The molecule has 1 aromatic carbocycles. The Labute approximate surface area is 111 Å². The predicted molar refractivity (Wildman–Crippen MR) is 72.5 cm³/mol. The first-order chi connectivity index (χ1) is 9.17. The Morgan fingerprint density at radius 1 is 1.47 bits per heavy atom. The summed E-state index contributed by atoms with van der Waals surface area (Å²) in [7, 11) is 0. The van der Waals surface area contributed by atoms with Crippen molar-refractivity contribution in [2.45, 2.75) is 25.9 Å². The van der Waals surface area contributed by atoms with E-state index in [4.69, 9.17) is 11.6 Å². The van der Waals surface area contributed by atoms with Crippen molar-refractivity contribution in [3.05, 3.63) is 47.8 Å². The number of nitrogen functional groups attached to an aromatic ring is 1. The lowest BCUT2D eigenvalue weighted by molar-refractivity contribution is 0.542. The number of benzene rings is 1. The Morgan fingerprint density at radius 2 is 2.26 bits per heavy atom. The summed E-state index contributed by atoms with van der Waals surface area (Å²) in [6, 6.07) is 3.80. The second kappa shape index (κ2) is 5.81. The molecule has 0 fully saturated rings. The maximum atomic E-state index is 13.4. The van der Waals surface area contributed by atoms with Gasteiger partial charge in [0.25, 0.3) is 0 Å². The molecule has 5 N–H and O–H groups in total. The van der Waals surface area contributed by atoms with E-state index in [1.54, 1.807) is 6.20 Å². The van der Waals surface area contributed by atoms with Crippen LogP contribution in [-0.2, 0) is 6.54 Å². The smallest absolute Gasteiger partial charge is 0.131 e. The zero-order valence-electron chi connectivity index (χ0n) is 10.8. The standard InChI is InChI=1S/C13H18FN5/c1-2-6-19-7-5-17-13(19)12(18-16)10-8-9(14)3-4-11(10)15/h3-5,7-8,12,18H,2,6,15-16H2,1H3. The Balaban J connectivity index is 2.44. The molecule has 0 bridgehead atoms. The third-order valence-corrected chi connectivity index (χ3v) is 3.00. The van der Waals surface area contributed by atoms with Crippen molar-refractivity contribution >= 4 is 5.69 Å². The largest absolute Gasteiger partial charge is 0.398 e. The van der Waals surface area contributed by atoms with Crippen molar-refractivity contribution in [1.29, 1.82) is 0 Å². The molecule has 2 aromatic rings. The van der Waals surface area contributed by atoms with Gasteiger partial charge in [0.2, 0.25) is 0 Å². The monoisotopic (exact) mass is 263 g/mol. The lowest BCUT2D eigenvalue weighted by atomic mass is 10.0. The number of halogens is 1. The third kappa shape index (κ3) is 2.74. The number of hydrazine groups is 1. The van der Waals surface area contributed by atoms with Crippen LogP contribution in [-0.4, -0.2) is 9.55 Å². The minimum atomic E-state index is -0.433. The zero-order valence-corrected chi connectivity index (χ0v) is 10.8. The molecule has 2 rings (SSSR count). The maximum Gasteiger partial charge on any atom is 0.131 e. The summed E-state index contributed by atoms with van der Waals surface area (Å²) < 4.78 is 15.4. The number of nitrogens with zero attached hydrogens (tertiary/aromatic N) is 2. The van der Waals surface area contributed by atoms with E-state index >= 15 is 0 Å². The van der Waals surface area contributed by atoms with Crippen LogP contribution in [0.15, 0.2) is 30.6 Å². The van der Waals surface area contributed by atoms with Gasteiger partial charge in [0.15, 0.2) is 0 Å². The van der Waals surface area contributed by atoms with Gasteiger partial charge in [-0.3, -0.25) is 5.84 Å². The fraction of sp³-hybridized carbons (Fsp3) is 0.308. The van der Waals surface area contributed by atoms with Crippen LogP contribution in [0, 0.1) is 5.82 Å². The first-order valence-electron chi connectivity index (χ1n) is 6.19. The molecular weight excluding hydrogens is 245 g/mol. The fourth-order valence-electron chi connectivity index (χ4n) is 2.11. The van der Waals surface area contributed by atoms with E-state index in [0.717, 1.165) is 18.8 Å². The third-order valence-electron chi connectivity index (χ3n) is 3.00. The van der Waals surface area contributed by atoms with Crippen molar-refractivity contribution in [1.82, 2.24) is 15.0 Å². The number of nitrogens with two attached hydrogens (primary N) is 2. The van der Waals surface area contributed by atoms with E-state index in [2.05, 4.69) is 17.3 Å². The van der Waals surface area contributed by atoms with Crippen molar-refractivity contribution in [2.24, 2.45) is 5.84 Å². The van der Waals surface area contributed by atoms with Gasteiger partial charge in [-0.2, -0.15) is 0 Å². The first kappa shape index (κ1) is 13.5. The minimum Gasteiger partial charge on any atom is -0.398 e. The van der Waals surface area contributed by atoms with E-state index < -0.39 is 6.04 Å². The normalized spacial score (nSPS) is 12.6. The van der Waals surface area contributed by atoms with Crippen LogP contribution in [0.5, 0.6) is 0 Å². The quantitative estimate of drug-likeness (QED) is 0.434. The summed E-state index contributed by atoms with van der Waals surface area (Å²) >= 11 is 0. The van der Waals surface area contributed by atoms with Crippen LogP contribution >= 0.6 is 0 Å². The molecule has 0 radical (unpaired) electrons. The average Bonchev–Trinajstić information content (AvgIpc) is 2.83. The molecule has 0 aliphatic carbocycles. The Bertz CT molecular complexity index is 552. The van der Waals surface area contributed by atoms with Crippen molar-refractivity contribution in [2.75, 3.05) is 5.73 Å². The van der Waals surface area contributed by atoms with E-state index in [-0.39, 0.29) is 5.82 Å². The van der Waals surface area contributed by atoms with E-state index in [9.17, 15) is 4.39 Å². The predicted octanol–water partition coefficient (Wildman–Crippen LogP) is 1.57. The molecule has 0 aliphatic rings. The van der Waals surface area contributed by atoms with E-state index in [0.29, 0.717) is 11.3 Å². The lowest BCUT2D eigenvalue weighted by Crippen LogP contribution is -2.31. The number of imidazole rings is 1. The highest BCUT2D eigenvalue weighted by Crippen LogP contribution is 2.26. The second-order valence-corrected chi connectivity index (χ2v) is 4.35. The molecule has 0 amide bonds. The van der Waals surface area contributed by atoms with E-state index in [1.807, 2.05) is 10.8 Å². The highest BCUT2D eigenvalue weighted by Gasteiger charge is 2.20. The highest BCUT2D eigenvalue weighted by molar-refractivity contribution is 5.50. The first-order valence-corrected chi connectivity index (χ1v) is 6.19. The number of aromatic nitrogens is 2. The van der Waals surface area contributed by atoms with Gasteiger partial charge in [-0.15, -0.1) is 0 Å². The van der Waals surface area contributed by atoms with Crippen molar-refractivity contribution in [3.63, 3.8) is 0 Å². The van der Waals surface area contributed by atoms with Gasteiger partial charge in [0.05, 0.1) is 0 Å². The number of aryl methyl sites for hydroxylation is 1. The Morgan fingerprint density at radius 3 is 2.95 bits per heavy atom. The van der Waals surface area contributed by atoms with Gasteiger partial charge in [-0.1, -0.05) is 6.92 Å². The summed E-state index contributed by atoms with van der Waals surface area (Å²) in [6.45, 7) is 2.90. The molecule has 1 atom stereocenters.